The van der Waals surface area contributed by atoms with E-state index in [1.54, 1.807) is 0 Å². The summed E-state index contributed by atoms with van der Waals surface area (Å²) in [7, 11) is 0. The van der Waals surface area contributed by atoms with Crippen molar-refractivity contribution in [3.63, 3.8) is 0 Å². The number of carboxylic acids is 1. The maximum Gasteiger partial charge on any atom is 0.303 e. The molecular formula is C27H31N3O2. The lowest BCUT2D eigenvalue weighted by atomic mass is 9.96. The van der Waals surface area contributed by atoms with Gasteiger partial charge < -0.3 is 10.0 Å². The minimum Gasteiger partial charge on any atom is -0.481 e. The van der Waals surface area contributed by atoms with Gasteiger partial charge in [0.15, 0.2) is 5.82 Å². The molecule has 1 aliphatic rings. The summed E-state index contributed by atoms with van der Waals surface area (Å²) < 4.78 is 0. The maximum absolute atomic E-state index is 10.7. The van der Waals surface area contributed by atoms with Crippen LogP contribution in [0.25, 0.3) is 22.5 Å². The third-order valence-corrected chi connectivity index (χ3v) is 6.16. The SMILES string of the molecule is CC1CCN(CCCCCCC(=O)O)c2nc(-c3ccccc3)c(-c3ccccc3)nc21. The van der Waals surface area contributed by atoms with Crippen LogP contribution in [0.4, 0.5) is 5.82 Å². The summed E-state index contributed by atoms with van der Waals surface area (Å²) in [5, 5.41) is 8.81. The van der Waals surface area contributed by atoms with Crippen LogP contribution in [0.3, 0.4) is 0 Å². The molecule has 166 valence electrons. The van der Waals surface area contributed by atoms with Gasteiger partial charge in [0.1, 0.15) is 0 Å². The lowest BCUT2D eigenvalue weighted by molar-refractivity contribution is -0.137. The van der Waals surface area contributed by atoms with E-state index in [1.807, 2.05) is 36.4 Å². The summed E-state index contributed by atoms with van der Waals surface area (Å²) in [5.74, 6) is 0.673. The van der Waals surface area contributed by atoms with Crippen molar-refractivity contribution in [2.24, 2.45) is 0 Å². The van der Waals surface area contributed by atoms with E-state index >= 15 is 0 Å². The molecule has 0 saturated carbocycles. The van der Waals surface area contributed by atoms with Gasteiger partial charge in [-0.3, -0.25) is 4.79 Å². The highest BCUT2D eigenvalue weighted by atomic mass is 16.4. The van der Waals surface area contributed by atoms with Crippen molar-refractivity contribution in [1.82, 2.24) is 9.97 Å². The first-order valence-electron chi connectivity index (χ1n) is 11.6. The molecule has 2 aromatic carbocycles. The van der Waals surface area contributed by atoms with Gasteiger partial charge in [-0.1, -0.05) is 80.4 Å². The first-order valence-corrected chi connectivity index (χ1v) is 11.6. The highest BCUT2D eigenvalue weighted by molar-refractivity contribution is 5.79. The van der Waals surface area contributed by atoms with E-state index in [0.29, 0.717) is 5.92 Å². The predicted octanol–water partition coefficient (Wildman–Crippen LogP) is 6.16. The third-order valence-electron chi connectivity index (χ3n) is 6.16. The summed E-state index contributed by atoms with van der Waals surface area (Å²) >= 11 is 0. The molecule has 3 aromatic rings. The number of fused-ring (bicyclic) bond motifs is 1. The number of nitrogens with zero attached hydrogens (tertiary/aromatic N) is 3. The molecule has 5 heteroatoms. The molecule has 32 heavy (non-hydrogen) atoms. The lowest BCUT2D eigenvalue weighted by Crippen LogP contribution is -2.33. The number of hydrogen-bond acceptors (Lipinski definition) is 4. The van der Waals surface area contributed by atoms with E-state index in [2.05, 4.69) is 36.1 Å². The molecule has 0 bridgehead atoms. The zero-order valence-corrected chi connectivity index (χ0v) is 18.7. The highest BCUT2D eigenvalue weighted by Gasteiger charge is 2.27. The molecule has 0 amide bonds. The molecule has 1 N–H and O–H groups in total. The quantitative estimate of drug-likeness (QED) is 0.413. The highest BCUT2D eigenvalue weighted by Crippen LogP contribution is 2.38. The maximum atomic E-state index is 10.7. The Morgan fingerprint density at radius 1 is 0.906 bits per heavy atom. The van der Waals surface area contributed by atoms with E-state index in [0.717, 1.165) is 79.2 Å². The molecule has 1 aromatic heterocycles. The van der Waals surface area contributed by atoms with Crippen LogP contribution in [0.5, 0.6) is 0 Å². The molecule has 1 atom stereocenters. The van der Waals surface area contributed by atoms with Gasteiger partial charge in [0.25, 0.3) is 0 Å². The van der Waals surface area contributed by atoms with E-state index < -0.39 is 5.97 Å². The standard InChI is InChI=1S/C27H31N3O2/c1-20-17-19-30(18-11-3-2-10-16-23(31)32)27-24(20)28-25(21-12-6-4-7-13-21)26(29-27)22-14-8-5-9-15-22/h4-9,12-15,20H,2-3,10-11,16-19H2,1H3,(H,31,32). The fourth-order valence-corrected chi connectivity index (χ4v) is 4.34. The second-order valence-electron chi connectivity index (χ2n) is 8.60. The van der Waals surface area contributed by atoms with E-state index in [-0.39, 0.29) is 6.42 Å². The number of benzene rings is 2. The fraction of sp³-hybridized carbons (Fsp3) is 0.370. The van der Waals surface area contributed by atoms with Gasteiger partial charge in [0, 0.05) is 36.6 Å². The Morgan fingerprint density at radius 3 is 2.12 bits per heavy atom. The van der Waals surface area contributed by atoms with E-state index in [9.17, 15) is 4.79 Å². The molecule has 4 rings (SSSR count). The topological polar surface area (TPSA) is 66.3 Å². The van der Waals surface area contributed by atoms with Gasteiger partial charge >= 0.3 is 5.97 Å². The zero-order valence-electron chi connectivity index (χ0n) is 18.7. The summed E-state index contributed by atoms with van der Waals surface area (Å²) in [6.07, 6.45) is 5.11. The van der Waals surface area contributed by atoms with E-state index in [4.69, 9.17) is 15.1 Å². The van der Waals surface area contributed by atoms with Gasteiger partial charge in [0.05, 0.1) is 17.1 Å². The summed E-state index contributed by atoms with van der Waals surface area (Å²) in [5.41, 5.74) is 5.12. The van der Waals surface area contributed by atoms with Crippen molar-refractivity contribution >= 4 is 11.8 Å². The van der Waals surface area contributed by atoms with Crippen LogP contribution < -0.4 is 4.90 Å². The Kier molecular flexibility index (Phi) is 7.15. The number of carboxylic acid groups (broad SMARTS) is 1. The number of hydrogen-bond donors (Lipinski definition) is 1. The second kappa shape index (κ2) is 10.4. The van der Waals surface area contributed by atoms with Crippen LogP contribution in [0.15, 0.2) is 60.7 Å². The first-order chi connectivity index (χ1) is 15.6. The van der Waals surface area contributed by atoms with E-state index in [1.165, 1.54) is 0 Å². The molecular weight excluding hydrogens is 398 g/mol. The van der Waals surface area contributed by atoms with Gasteiger partial charge in [-0.2, -0.15) is 0 Å². The predicted molar refractivity (Wildman–Crippen MR) is 129 cm³/mol. The molecule has 0 radical (unpaired) electrons. The molecule has 1 unspecified atom stereocenters. The summed E-state index contributed by atoms with van der Waals surface area (Å²) in [6, 6.07) is 20.6. The lowest BCUT2D eigenvalue weighted by Gasteiger charge is -2.33. The number of unbranched alkanes of at least 4 members (excludes halogenated alkanes) is 3. The third kappa shape index (κ3) is 5.16. The van der Waals surface area contributed by atoms with Crippen molar-refractivity contribution in [3.05, 3.63) is 66.4 Å². The minimum absolute atomic E-state index is 0.262. The van der Waals surface area contributed by atoms with Crippen LogP contribution in [0.1, 0.15) is 57.1 Å². The monoisotopic (exact) mass is 429 g/mol. The second-order valence-corrected chi connectivity index (χ2v) is 8.60. The molecule has 0 saturated heterocycles. The van der Waals surface area contributed by atoms with Crippen molar-refractivity contribution in [2.45, 2.75) is 51.4 Å². The van der Waals surface area contributed by atoms with Crippen molar-refractivity contribution < 1.29 is 9.90 Å². The normalized spacial score (nSPS) is 15.4. The van der Waals surface area contributed by atoms with Crippen LogP contribution >= 0.6 is 0 Å². The van der Waals surface area contributed by atoms with Gasteiger partial charge in [-0.05, 0) is 19.3 Å². The summed E-state index contributed by atoms with van der Waals surface area (Å²) in [4.78, 5) is 23.5. The number of aromatic nitrogens is 2. The van der Waals surface area contributed by atoms with Crippen LogP contribution in [-0.2, 0) is 4.79 Å². The molecule has 2 heterocycles. The van der Waals surface area contributed by atoms with Gasteiger partial charge in [-0.25, -0.2) is 9.97 Å². The van der Waals surface area contributed by atoms with Crippen molar-refractivity contribution in [2.75, 3.05) is 18.0 Å². The molecule has 0 fully saturated rings. The molecule has 5 nitrogen and oxygen atoms in total. The van der Waals surface area contributed by atoms with Crippen LogP contribution in [0, 0.1) is 0 Å². The van der Waals surface area contributed by atoms with Crippen molar-refractivity contribution in [1.29, 1.82) is 0 Å². The molecule has 1 aliphatic heterocycles. The Hall–Kier alpha value is -3.21. The van der Waals surface area contributed by atoms with Gasteiger partial charge in [0.2, 0.25) is 0 Å². The number of aliphatic carboxylic acids is 1. The van der Waals surface area contributed by atoms with Crippen LogP contribution in [-0.4, -0.2) is 34.1 Å². The van der Waals surface area contributed by atoms with Gasteiger partial charge in [-0.15, -0.1) is 0 Å². The van der Waals surface area contributed by atoms with Crippen molar-refractivity contribution in [3.8, 4) is 22.5 Å². The average molecular weight is 430 g/mol. The number of rotatable bonds is 9. The number of carbonyl (C=O) groups is 1. The molecule has 0 spiro atoms. The Bertz CT molecular complexity index is 1040. The minimum atomic E-state index is -0.707. The number of anilines is 1. The summed E-state index contributed by atoms with van der Waals surface area (Å²) in [6.45, 7) is 4.16. The van der Waals surface area contributed by atoms with Crippen LogP contribution in [0.2, 0.25) is 0 Å². The largest absolute Gasteiger partial charge is 0.481 e. The zero-order chi connectivity index (χ0) is 22.3. The first kappa shape index (κ1) is 22.0. The Morgan fingerprint density at radius 2 is 1.50 bits per heavy atom. The fourth-order valence-electron chi connectivity index (χ4n) is 4.34. The Balaban J connectivity index is 1.63. The molecule has 0 aliphatic carbocycles. The smallest absolute Gasteiger partial charge is 0.303 e. The Labute approximate surface area is 190 Å². The average Bonchev–Trinajstić information content (AvgIpc) is 2.83.